The van der Waals surface area contributed by atoms with E-state index in [0.717, 1.165) is 11.3 Å². The van der Waals surface area contributed by atoms with Gasteiger partial charge >= 0.3 is 0 Å². The number of benzene rings is 1. The standard InChI is InChI=1S/C14H15NO2/c1-8-5-4-6-12(15)13(8)14(16)11-7-9(2)17-10(11)3/h4-7H,15H2,1-3H3. The molecule has 0 fully saturated rings. The Hall–Kier alpha value is -2.03. The number of nitrogens with two attached hydrogens (primary N) is 1. The summed E-state index contributed by atoms with van der Waals surface area (Å²) in [6.07, 6.45) is 0. The molecule has 0 saturated carbocycles. The third kappa shape index (κ3) is 1.96. The van der Waals surface area contributed by atoms with Crippen molar-refractivity contribution in [1.29, 1.82) is 0 Å². The van der Waals surface area contributed by atoms with Crippen molar-refractivity contribution in [3.8, 4) is 0 Å². The normalized spacial score (nSPS) is 10.5. The Morgan fingerprint density at radius 3 is 2.47 bits per heavy atom. The lowest BCUT2D eigenvalue weighted by molar-refractivity contribution is 0.103. The monoisotopic (exact) mass is 229 g/mol. The van der Waals surface area contributed by atoms with Gasteiger partial charge < -0.3 is 10.2 Å². The van der Waals surface area contributed by atoms with Crippen molar-refractivity contribution >= 4 is 11.5 Å². The molecule has 3 nitrogen and oxygen atoms in total. The van der Waals surface area contributed by atoms with E-state index in [1.165, 1.54) is 0 Å². The number of hydrogen-bond acceptors (Lipinski definition) is 3. The molecular formula is C14H15NO2. The van der Waals surface area contributed by atoms with Crippen LogP contribution in [-0.4, -0.2) is 5.78 Å². The van der Waals surface area contributed by atoms with Crippen LogP contribution in [0.25, 0.3) is 0 Å². The van der Waals surface area contributed by atoms with Gasteiger partial charge in [-0.3, -0.25) is 4.79 Å². The number of ketones is 1. The maximum absolute atomic E-state index is 12.4. The van der Waals surface area contributed by atoms with Crippen molar-refractivity contribution in [3.63, 3.8) is 0 Å². The highest BCUT2D eigenvalue weighted by Gasteiger charge is 2.19. The van der Waals surface area contributed by atoms with Crippen LogP contribution < -0.4 is 5.73 Å². The number of carbonyl (C=O) groups excluding carboxylic acids is 1. The van der Waals surface area contributed by atoms with Crippen molar-refractivity contribution in [2.45, 2.75) is 20.8 Å². The average Bonchev–Trinajstić information content (AvgIpc) is 2.57. The molecule has 1 aromatic carbocycles. The minimum atomic E-state index is -0.0741. The highest BCUT2D eigenvalue weighted by molar-refractivity contribution is 6.13. The summed E-state index contributed by atoms with van der Waals surface area (Å²) < 4.78 is 5.38. The van der Waals surface area contributed by atoms with Gasteiger partial charge in [-0.05, 0) is 38.5 Å². The maximum atomic E-state index is 12.4. The van der Waals surface area contributed by atoms with E-state index >= 15 is 0 Å². The molecule has 2 N–H and O–H groups in total. The summed E-state index contributed by atoms with van der Waals surface area (Å²) >= 11 is 0. The van der Waals surface area contributed by atoms with Crippen LogP contribution in [0.15, 0.2) is 28.7 Å². The molecule has 1 aromatic heterocycles. The van der Waals surface area contributed by atoms with E-state index in [-0.39, 0.29) is 5.78 Å². The second-order valence-corrected chi connectivity index (χ2v) is 4.20. The highest BCUT2D eigenvalue weighted by atomic mass is 16.3. The van der Waals surface area contributed by atoms with E-state index < -0.39 is 0 Å². The van der Waals surface area contributed by atoms with Crippen molar-refractivity contribution in [3.05, 3.63) is 52.5 Å². The number of carbonyl (C=O) groups is 1. The van der Waals surface area contributed by atoms with Gasteiger partial charge in [0.15, 0.2) is 5.78 Å². The van der Waals surface area contributed by atoms with Crippen LogP contribution in [-0.2, 0) is 0 Å². The van der Waals surface area contributed by atoms with Gasteiger partial charge in [0.25, 0.3) is 0 Å². The van der Waals surface area contributed by atoms with E-state index in [0.29, 0.717) is 22.6 Å². The smallest absolute Gasteiger partial charge is 0.198 e. The zero-order chi connectivity index (χ0) is 12.6. The van der Waals surface area contributed by atoms with Crippen LogP contribution >= 0.6 is 0 Å². The van der Waals surface area contributed by atoms with Crippen LogP contribution in [0, 0.1) is 20.8 Å². The first-order valence-corrected chi connectivity index (χ1v) is 5.47. The van der Waals surface area contributed by atoms with Gasteiger partial charge in [0.2, 0.25) is 0 Å². The zero-order valence-electron chi connectivity index (χ0n) is 10.2. The molecule has 0 unspecified atom stereocenters. The maximum Gasteiger partial charge on any atom is 0.198 e. The highest BCUT2D eigenvalue weighted by Crippen LogP contribution is 2.23. The topological polar surface area (TPSA) is 56.2 Å². The van der Waals surface area contributed by atoms with Gasteiger partial charge in [-0.2, -0.15) is 0 Å². The lowest BCUT2D eigenvalue weighted by Crippen LogP contribution is -2.07. The summed E-state index contributed by atoms with van der Waals surface area (Å²) in [5, 5.41) is 0. The van der Waals surface area contributed by atoms with Gasteiger partial charge in [0.05, 0.1) is 5.56 Å². The van der Waals surface area contributed by atoms with E-state index in [4.69, 9.17) is 10.2 Å². The molecule has 17 heavy (non-hydrogen) atoms. The first-order valence-electron chi connectivity index (χ1n) is 5.47. The summed E-state index contributed by atoms with van der Waals surface area (Å²) in [5.41, 5.74) is 8.41. The van der Waals surface area contributed by atoms with E-state index in [1.54, 1.807) is 19.1 Å². The molecule has 2 rings (SSSR count). The summed E-state index contributed by atoms with van der Waals surface area (Å²) in [6.45, 7) is 5.49. The zero-order valence-corrected chi connectivity index (χ0v) is 10.2. The van der Waals surface area contributed by atoms with Crippen LogP contribution in [0.3, 0.4) is 0 Å². The minimum absolute atomic E-state index is 0.0741. The van der Waals surface area contributed by atoms with Gasteiger partial charge in [-0.25, -0.2) is 0 Å². The number of rotatable bonds is 2. The lowest BCUT2D eigenvalue weighted by Gasteiger charge is -2.07. The molecule has 88 valence electrons. The third-order valence-electron chi connectivity index (χ3n) is 2.82. The molecule has 0 saturated heterocycles. The molecule has 0 radical (unpaired) electrons. The van der Waals surface area contributed by atoms with E-state index in [2.05, 4.69) is 0 Å². The quantitative estimate of drug-likeness (QED) is 0.636. The molecule has 2 aromatic rings. The second-order valence-electron chi connectivity index (χ2n) is 4.20. The molecule has 0 atom stereocenters. The molecule has 0 aliphatic carbocycles. The molecule has 1 heterocycles. The van der Waals surface area contributed by atoms with Crippen LogP contribution in [0.1, 0.15) is 33.0 Å². The number of nitrogen functional groups attached to an aromatic ring is 1. The summed E-state index contributed by atoms with van der Waals surface area (Å²) in [4.78, 5) is 12.4. The molecule has 0 aliphatic heterocycles. The molecule has 0 bridgehead atoms. The Kier molecular flexibility index (Phi) is 2.76. The summed E-state index contributed by atoms with van der Waals surface area (Å²) in [5.74, 6) is 1.29. The fourth-order valence-electron chi connectivity index (χ4n) is 1.99. The molecule has 0 amide bonds. The van der Waals surface area contributed by atoms with Gasteiger partial charge in [-0.1, -0.05) is 12.1 Å². The minimum Gasteiger partial charge on any atom is -0.466 e. The number of anilines is 1. The predicted molar refractivity (Wildman–Crippen MR) is 67.2 cm³/mol. The Labute approximate surface area is 100 Å². The van der Waals surface area contributed by atoms with E-state index in [1.807, 2.05) is 26.0 Å². The molecule has 0 aliphatic rings. The molecule has 3 heteroatoms. The Morgan fingerprint density at radius 2 is 1.94 bits per heavy atom. The second kappa shape index (κ2) is 4.09. The van der Waals surface area contributed by atoms with Gasteiger partial charge in [0.1, 0.15) is 11.5 Å². The first kappa shape index (κ1) is 11.5. The van der Waals surface area contributed by atoms with Crippen LogP contribution in [0.4, 0.5) is 5.69 Å². The lowest BCUT2D eigenvalue weighted by atomic mass is 9.98. The SMILES string of the molecule is Cc1cc(C(=O)c2c(C)cccc2N)c(C)o1. The van der Waals surface area contributed by atoms with Crippen molar-refractivity contribution in [2.24, 2.45) is 0 Å². The Bertz CT molecular complexity index is 562. The summed E-state index contributed by atoms with van der Waals surface area (Å²) in [6, 6.07) is 7.22. The largest absolute Gasteiger partial charge is 0.466 e. The average molecular weight is 229 g/mol. The van der Waals surface area contributed by atoms with Crippen molar-refractivity contribution in [2.75, 3.05) is 5.73 Å². The Balaban J connectivity index is 2.55. The fourth-order valence-corrected chi connectivity index (χ4v) is 1.99. The Morgan fingerprint density at radius 1 is 1.24 bits per heavy atom. The number of furan rings is 1. The van der Waals surface area contributed by atoms with Gasteiger partial charge in [0, 0.05) is 11.3 Å². The van der Waals surface area contributed by atoms with E-state index in [9.17, 15) is 4.79 Å². The van der Waals surface area contributed by atoms with Crippen molar-refractivity contribution < 1.29 is 9.21 Å². The van der Waals surface area contributed by atoms with Crippen molar-refractivity contribution in [1.82, 2.24) is 0 Å². The number of aryl methyl sites for hydroxylation is 3. The molecular weight excluding hydrogens is 214 g/mol. The van der Waals surface area contributed by atoms with Crippen LogP contribution in [0.5, 0.6) is 0 Å². The number of hydrogen-bond donors (Lipinski definition) is 1. The van der Waals surface area contributed by atoms with Crippen LogP contribution in [0.2, 0.25) is 0 Å². The third-order valence-corrected chi connectivity index (χ3v) is 2.82. The molecule has 0 spiro atoms. The fraction of sp³-hybridized carbons (Fsp3) is 0.214. The predicted octanol–water partition coefficient (Wildman–Crippen LogP) is 3.02. The first-order chi connectivity index (χ1) is 8.00. The van der Waals surface area contributed by atoms with Gasteiger partial charge in [-0.15, -0.1) is 0 Å². The summed E-state index contributed by atoms with van der Waals surface area (Å²) in [7, 11) is 0.